The molecule has 2 aromatic rings. The zero-order chi connectivity index (χ0) is 17.9. The standard InChI is InChI=1S/C19H20O5/c1-11-5-6-14(9-12(11)2)18(21)13(3)24-19(22)16-8-7-15(23-4)10-17(16)20/h5-10,13,20H,1-4H3. The van der Waals surface area contributed by atoms with Gasteiger partial charge >= 0.3 is 5.97 Å². The molecule has 5 heteroatoms. The highest BCUT2D eigenvalue weighted by atomic mass is 16.5. The molecular formula is C19H20O5. The summed E-state index contributed by atoms with van der Waals surface area (Å²) < 4.78 is 10.1. The number of ketones is 1. The number of phenols is 1. The first-order valence-corrected chi connectivity index (χ1v) is 7.53. The molecule has 0 aliphatic rings. The Morgan fingerprint density at radius 3 is 2.33 bits per heavy atom. The van der Waals surface area contributed by atoms with Gasteiger partial charge in [0.25, 0.3) is 0 Å². The summed E-state index contributed by atoms with van der Waals surface area (Å²) in [5.41, 5.74) is 2.54. The predicted octanol–water partition coefficient (Wildman–Crippen LogP) is 3.45. The van der Waals surface area contributed by atoms with Crippen molar-refractivity contribution in [3.05, 3.63) is 58.7 Å². The minimum Gasteiger partial charge on any atom is -0.507 e. The lowest BCUT2D eigenvalue weighted by Gasteiger charge is -2.14. The van der Waals surface area contributed by atoms with Gasteiger partial charge < -0.3 is 14.6 Å². The second kappa shape index (κ2) is 7.17. The van der Waals surface area contributed by atoms with Gasteiger partial charge in [0, 0.05) is 11.6 Å². The largest absolute Gasteiger partial charge is 0.507 e. The SMILES string of the molecule is COc1ccc(C(=O)OC(C)C(=O)c2ccc(C)c(C)c2)c(O)c1. The van der Waals surface area contributed by atoms with Crippen LogP contribution < -0.4 is 4.74 Å². The Hall–Kier alpha value is -2.82. The molecule has 0 heterocycles. The Bertz CT molecular complexity index is 779. The second-order valence-corrected chi connectivity index (χ2v) is 5.59. The molecule has 0 bridgehead atoms. The van der Waals surface area contributed by atoms with E-state index in [2.05, 4.69) is 0 Å². The summed E-state index contributed by atoms with van der Waals surface area (Å²) >= 11 is 0. The highest BCUT2D eigenvalue weighted by Gasteiger charge is 2.22. The Kier molecular flexibility index (Phi) is 5.24. The van der Waals surface area contributed by atoms with E-state index < -0.39 is 12.1 Å². The van der Waals surface area contributed by atoms with Gasteiger partial charge in [-0.15, -0.1) is 0 Å². The maximum absolute atomic E-state index is 12.4. The van der Waals surface area contributed by atoms with Crippen molar-refractivity contribution in [3.63, 3.8) is 0 Å². The van der Waals surface area contributed by atoms with Crippen LogP contribution in [0.15, 0.2) is 36.4 Å². The average Bonchev–Trinajstić information content (AvgIpc) is 2.56. The normalized spacial score (nSPS) is 11.7. The molecule has 0 spiro atoms. The number of rotatable bonds is 5. The van der Waals surface area contributed by atoms with E-state index in [1.807, 2.05) is 19.9 Å². The quantitative estimate of drug-likeness (QED) is 0.672. The van der Waals surface area contributed by atoms with Gasteiger partial charge in [0.15, 0.2) is 6.10 Å². The van der Waals surface area contributed by atoms with Crippen LogP contribution in [0.4, 0.5) is 0 Å². The van der Waals surface area contributed by atoms with E-state index in [0.29, 0.717) is 11.3 Å². The lowest BCUT2D eigenvalue weighted by Crippen LogP contribution is -2.24. The van der Waals surface area contributed by atoms with Crippen molar-refractivity contribution in [1.82, 2.24) is 0 Å². The second-order valence-electron chi connectivity index (χ2n) is 5.59. The summed E-state index contributed by atoms with van der Waals surface area (Å²) in [6, 6.07) is 9.57. The molecule has 1 unspecified atom stereocenters. The molecule has 1 atom stereocenters. The average molecular weight is 328 g/mol. The number of hydrogen-bond donors (Lipinski definition) is 1. The summed E-state index contributed by atoms with van der Waals surface area (Å²) in [6.45, 7) is 5.38. The molecule has 0 aliphatic carbocycles. The third kappa shape index (κ3) is 3.74. The van der Waals surface area contributed by atoms with Crippen molar-refractivity contribution in [1.29, 1.82) is 0 Å². The first-order valence-electron chi connectivity index (χ1n) is 7.53. The van der Waals surface area contributed by atoms with E-state index in [-0.39, 0.29) is 17.1 Å². The first kappa shape index (κ1) is 17.5. The number of carbonyl (C=O) groups is 2. The van der Waals surface area contributed by atoms with Crippen molar-refractivity contribution >= 4 is 11.8 Å². The molecule has 2 aromatic carbocycles. The fourth-order valence-electron chi connectivity index (χ4n) is 2.22. The molecule has 2 rings (SSSR count). The van der Waals surface area contributed by atoms with Crippen molar-refractivity contribution in [3.8, 4) is 11.5 Å². The maximum atomic E-state index is 12.4. The molecule has 1 N–H and O–H groups in total. The monoisotopic (exact) mass is 328 g/mol. The fourth-order valence-corrected chi connectivity index (χ4v) is 2.22. The predicted molar refractivity (Wildman–Crippen MR) is 89.8 cm³/mol. The van der Waals surface area contributed by atoms with Crippen molar-refractivity contribution in [2.75, 3.05) is 7.11 Å². The van der Waals surface area contributed by atoms with Crippen LogP contribution in [-0.4, -0.2) is 30.1 Å². The molecule has 0 radical (unpaired) electrons. The Labute approximate surface area is 140 Å². The molecule has 24 heavy (non-hydrogen) atoms. The number of hydrogen-bond acceptors (Lipinski definition) is 5. The summed E-state index contributed by atoms with van der Waals surface area (Å²) in [6.07, 6.45) is -0.957. The molecule has 0 saturated carbocycles. The summed E-state index contributed by atoms with van der Waals surface area (Å²) in [7, 11) is 1.46. The van der Waals surface area contributed by atoms with Gasteiger partial charge in [-0.3, -0.25) is 4.79 Å². The minimum absolute atomic E-state index is 0.0180. The third-order valence-electron chi connectivity index (χ3n) is 3.87. The molecule has 126 valence electrons. The Morgan fingerprint density at radius 1 is 1.04 bits per heavy atom. The number of aromatic hydroxyl groups is 1. The molecule has 5 nitrogen and oxygen atoms in total. The lowest BCUT2D eigenvalue weighted by atomic mass is 10.0. The first-order chi connectivity index (χ1) is 11.3. The zero-order valence-corrected chi connectivity index (χ0v) is 14.1. The fraction of sp³-hybridized carbons (Fsp3) is 0.263. The van der Waals surface area contributed by atoms with Crippen LogP contribution in [0.25, 0.3) is 0 Å². The number of Topliss-reactive ketones (excluding diaryl/α,β-unsaturated/α-hetero) is 1. The van der Waals surface area contributed by atoms with Crippen molar-refractivity contribution in [2.24, 2.45) is 0 Å². The number of aryl methyl sites for hydroxylation is 2. The van der Waals surface area contributed by atoms with E-state index in [0.717, 1.165) is 11.1 Å². The van der Waals surface area contributed by atoms with Gasteiger partial charge in [-0.2, -0.15) is 0 Å². The van der Waals surface area contributed by atoms with Gasteiger partial charge in [0.05, 0.1) is 7.11 Å². The smallest absolute Gasteiger partial charge is 0.342 e. The van der Waals surface area contributed by atoms with Crippen LogP contribution in [0, 0.1) is 13.8 Å². The molecular weight excluding hydrogens is 308 g/mol. The van der Waals surface area contributed by atoms with E-state index in [4.69, 9.17) is 9.47 Å². The van der Waals surface area contributed by atoms with Gasteiger partial charge in [-0.05, 0) is 50.1 Å². The van der Waals surface area contributed by atoms with Crippen LogP contribution in [0.5, 0.6) is 11.5 Å². The van der Waals surface area contributed by atoms with Crippen LogP contribution in [0.1, 0.15) is 38.8 Å². The van der Waals surface area contributed by atoms with Crippen LogP contribution in [0.2, 0.25) is 0 Å². The summed E-state index contributed by atoms with van der Waals surface area (Å²) in [5.74, 6) is -0.896. The maximum Gasteiger partial charge on any atom is 0.342 e. The molecule has 0 aliphatic heterocycles. The van der Waals surface area contributed by atoms with Gasteiger partial charge in [0.1, 0.15) is 17.1 Å². The summed E-state index contributed by atoms with van der Waals surface area (Å²) in [5, 5.41) is 9.86. The number of benzene rings is 2. The lowest BCUT2D eigenvalue weighted by molar-refractivity contribution is 0.0316. The number of phenolic OH excluding ortho intramolecular Hbond substituents is 1. The van der Waals surface area contributed by atoms with Crippen molar-refractivity contribution in [2.45, 2.75) is 26.9 Å². The van der Waals surface area contributed by atoms with E-state index in [1.165, 1.54) is 32.2 Å². The minimum atomic E-state index is -0.957. The topological polar surface area (TPSA) is 72.8 Å². The van der Waals surface area contributed by atoms with Crippen LogP contribution >= 0.6 is 0 Å². The highest BCUT2D eigenvalue weighted by molar-refractivity contribution is 6.02. The molecule has 0 fully saturated rings. The number of esters is 1. The number of methoxy groups -OCH3 is 1. The highest BCUT2D eigenvalue weighted by Crippen LogP contribution is 2.24. The Morgan fingerprint density at radius 2 is 1.75 bits per heavy atom. The third-order valence-corrected chi connectivity index (χ3v) is 3.87. The van der Waals surface area contributed by atoms with Gasteiger partial charge in [0.2, 0.25) is 5.78 Å². The van der Waals surface area contributed by atoms with E-state index >= 15 is 0 Å². The number of carbonyl (C=O) groups excluding carboxylic acids is 2. The van der Waals surface area contributed by atoms with Crippen LogP contribution in [-0.2, 0) is 4.74 Å². The molecule has 0 amide bonds. The number of ether oxygens (including phenoxy) is 2. The van der Waals surface area contributed by atoms with Crippen molar-refractivity contribution < 1.29 is 24.2 Å². The Balaban J connectivity index is 2.13. The summed E-state index contributed by atoms with van der Waals surface area (Å²) in [4.78, 5) is 24.6. The molecule has 0 saturated heterocycles. The van der Waals surface area contributed by atoms with E-state index in [1.54, 1.807) is 12.1 Å². The van der Waals surface area contributed by atoms with E-state index in [9.17, 15) is 14.7 Å². The van der Waals surface area contributed by atoms with Crippen LogP contribution in [0.3, 0.4) is 0 Å². The zero-order valence-electron chi connectivity index (χ0n) is 14.1. The van der Waals surface area contributed by atoms with Gasteiger partial charge in [-0.25, -0.2) is 4.79 Å². The van der Waals surface area contributed by atoms with Gasteiger partial charge in [-0.1, -0.05) is 12.1 Å². The molecule has 0 aromatic heterocycles.